The van der Waals surface area contributed by atoms with Crippen LogP contribution in [0.5, 0.6) is 11.5 Å². The monoisotopic (exact) mass is 348 g/mol. The maximum Gasteiger partial charge on any atom is 0.501 e. The van der Waals surface area contributed by atoms with E-state index in [9.17, 15) is 8.42 Å². The van der Waals surface area contributed by atoms with Gasteiger partial charge in [-0.3, -0.25) is 0 Å². The van der Waals surface area contributed by atoms with Gasteiger partial charge in [0.15, 0.2) is 11.5 Å². The van der Waals surface area contributed by atoms with E-state index in [4.69, 9.17) is 8.37 Å². The van der Waals surface area contributed by atoms with Crippen LogP contribution < -0.4 is 8.37 Å². The topological polar surface area (TPSA) is 52.6 Å². The molecule has 3 rings (SSSR count). The minimum absolute atomic E-state index is 0.123. The molecule has 0 atom stereocenters. The zero-order valence-corrected chi connectivity index (χ0v) is 15.8. The lowest BCUT2D eigenvalue weighted by atomic mass is 9.82. The molecule has 0 N–H and O–H groups in total. The van der Waals surface area contributed by atoms with Crippen molar-refractivity contribution in [3.05, 3.63) is 34.9 Å². The number of benzene rings is 2. The van der Waals surface area contributed by atoms with E-state index in [1.54, 1.807) is 0 Å². The van der Waals surface area contributed by atoms with Crippen molar-refractivity contribution < 1.29 is 16.8 Å². The molecule has 1 heterocycles. The van der Waals surface area contributed by atoms with Gasteiger partial charge in [-0.2, -0.15) is 0 Å². The number of rotatable bonds is 3. The lowest BCUT2D eigenvalue weighted by Crippen LogP contribution is -2.09. The summed E-state index contributed by atoms with van der Waals surface area (Å²) >= 11 is 0. The standard InChI is InChI=1S/C19H24O4S/c1-10(2)13-8-7-9-14-17(13)15(11(3)4)16(12(5)6)19-18(14)22-24(20,21)23-19/h7-12H,1-6H3. The molecule has 0 unspecified atom stereocenters. The molecule has 130 valence electrons. The van der Waals surface area contributed by atoms with Crippen molar-refractivity contribution in [1.82, 2.24) is 0 Å². The highest BCUT2D eigenvalue weighted by Gasteiger charge is 2.37. The van der Waals surface area contributed by atoms with Crippen molar-refractivity contribution in [2.45, 2.75) is 59.3 Å². The van der Waals surface area contributed by atoms with E-state index in [0.29, 0.717) is 17.4 Å². The Labute approximate surface area is 144 Å². The maximum absolute atomic E-state index is 12.0. The van der Waals surface area contributed by atoms with Gasteiger partial charge < -0.3 is 8.37 Å². The molecule has 1 aliphatic rings. The van der Waals surface area contributed by atoms with Crippen LogP contribution in [0.15, 0.2) is 18.2 Å². The summed E-state index contributed by atoms with van der Waals surface area (Å²) in [6.07, 6.45) is 0. The van der Waals surface area contributed by atoms with Gasteiger partial charge >= 0.3 is 10.4 Å². The molecule has 0 aromatic heterocycles. The Morgan fingerprint density at radius 3 is 1.92 bits per heavy atom. The number of fused-ring (bicyclic) bond motifs is 3. The minimum atomic E-state index is -4.03. The van der Waals surface area contributed by atoms with E-state index in [1.165, 1.54) is 5.56 Å². The summed E-state index contributed by atoms with van der Waals surface area (Å²) in [6, 6.07) is 5.98. The summed E-state index contributed by atoms with van der Waals surface area (Å²) in [5, 5.41) is 1.91. The predicted molar refractivity (Wildman–Crippen MR) is 96.4 cm³/mol. The van der Waals surface area contributed by atoms with Gasteiger partial charge in [-0.05, 0) is 34.3 Å². The highest BCUT2D eigenvalue weighted by molar-refractivity contribution is 7.82. The van der Waals surface area contributed by atoms with Crippen LogP contribution in [-0.4, -0.2) is 8.42 Å². The van der Waals surface area contributed by atoms with Gasteiger partial charge in [0.2, 0.25) is 0 Å². The van der Waals surface area contributed by atoms with Gasteiger partial charge in [0.05, 0.1) is 0 Å². The summed E-state index contributed by atoms with van der Waals surface area (Å²) in [4.78, 5) is 0. The van der Waals surface area contributed by atoms with Gasteiger partial charge in [0.25, 0.3) is 0 Å². The smallest absolute Gasteiger partial charge is 0.348 e. The van der Waals surface area contributed by atoms with Gasteiger partial charge in [0, 0.05) is 10.9 Å². The van der Waals surface area contributed by atoms with Crippen molar-refractivity contribution >= 4 is 21.2 Å². The summed E-state index contributed by atoms with van der Waals surface area (Å²) in [7, 11) is -4.03. The van der Waals surface area contributed by atoms with Crippen molar-refractivity contribution in [1.29, 1.82) is 0 Å². The molecule has 0 spiro atoms. The molecule has 0 saturated heterocycles. The highest BCUT2D eigenvalue weighted by Crippen LogP contribution is 2.52. The fourth-order valence-corrected chi connectivity index (χ4v) is 4.38. The first kappa shape index (κ1) is 17.1. The normalized spacial score (nSPS) is 15.9. The van der Waals surface area contributed by atoms with E-state index in [1.807, 2.05) is 12.1 Å². The van der Waals surface area contributed by atoms with E-state index < -0.39 is 10.4 Å². The van der Waals surface area contributed by atoms with E-state index in [2.05, 4.69) is 47.6 Å². The molecule has 5 heteroatoms. The predicted octanol–water partition coefficient (Wildman–Crippen LogP) is 5.23. The maximum atomic E-state index is 12.0. The lowest BCUT2D eigenvalue weighted by Gasteiger charge is -2.23. The van der Waals surface area contributed by atoms with Crippen molar-refractivity contribution in [2.75, 3.05) is 0 Å². The van der Waals surface area contributed by atoms with E-state index in [-0.39, 0.29) is 11.8 Å². The van der Waals surface area contributed by atoms with Crippen LogP contribution in [0.4, 0.5) is 0 Å². The van der Waals surface area contributed by atoms with Crippen LogP contribution in [0.1, 0.15) is 76.0 Å². The zero-order chi connectivity index (χ0) is 17.8. The second kappa shape index (κ2) is 5.66. The molecule has 0 aliphatic carbocycles. The van der Waals surface area contributed by atoms with Gasteiger partial charge in [-0.1, -0.05) is 59.7 Å². The number of hydrogen-bond donors (Lipinski definition) is 0. The average Bonchev–Trinajstić information content (AvgIpc) is 2.79. The van der Waals surface area contributed by atoms with Crippen LogP contribution in [0.3, 0.4) is 0 Å². The molecule has 24 heavy (non-hydrogen) atoms. The Balaban J connectivity index is 2.57. The highest BCUT2D eigenvalue weighted by atomic mass is 32.3. The summed E-state index contributed by atoms with van der Waals surface area (Å²) < 4.78 is 34.4. The molecule has 0 bridgehead atoms. The van der Waals surface area contributed by atoms with Crippen molar-refractivity contribution in [3.63, 3.8) is 0 Å². The quantitative estimate of drug-likeness (QED) is 0.762. The Morgan fingerprint density at radius 1 is 0.792 bits per heavy atom. The molecule has 4 nitrogen and oxygen atoms in total. The first-order chi connectivity index (χ1) is 11.1. The van der Waals surface area contributed by atoms with Crippen LogP contribution in [0.2, 0.25) is 0 Å². The third kappa shape index (κ3) is 2.55. The molecule has 2 aromatic carbocycles. The summed E-state index contributed by atoms with van der Waals surface area (Å²) in [5.41, 5.74) is 3.29. The van der Waals surface area contributed by atoms with Gasteiger partial charge in [-0.25, -0.2) is 0 Å². The van der Waals surface area contributed by atoms with Crippen molar-refractivity contribution in [3.8, 4) is 11.5 Å². The molecule has 2 aromatic rings. The Morgan fingerprint density at radius 2 is 1.38 bits per heavy atom. The SMILES string of the molecule is CC(C)c1c2c(c3cccc(C(C)C)c3c1C(C)C)OS(=O)(=O)O2. The largest absolute Gasteiger partial charge is 0.501 e. The summed E-state index contributed by atoms with van der Waals surface area (Å²) in [5.74, 6) is 1.38. The number of hydrogen-bond acceptors (Lipinski definition) is 4. The second-order valence-electron chi connectivity index (χ2n) is 7.29. The molecule has 0 fully saturated rings. The fraction of sp³-hybridized carbons (Fsp3) is 0.474. The minimum Gasteiger partial charge on any atom is -0.348 e. The summed E-state index contributed by atoms with van der Waals surface area (Å²) in [6.45, 7) is 12.7. The van der Waals surface area contributed by atoms with Crippen molar-refractivity contribution in [2.24, 2.45) is 0 Å². The average molecular weight is 348 g/mol. The first-order valence-electron chi connectivity index (χ1n) is 8.40. The van der Waals surface area contributed by atoms with Gasteiger partial charge in [-0.15, -0.1) is 8.42 Å². The molecule has 0 amide bonds. The molecular formula is C19H24O4S. The second-order valence-corrected chi connectivity index (χ2v) is 8.44. The van der Waals surface area contributed by atoms with Crippen LogP contribution in [0.25, 0.3) is 10.8 Å². The van der Waals surface area contributed by atoms with E-state index in [0.717, 1.165) is 21.9 Å². The lowest BCUT2D eigenvalue weighted by molar-refractivity contribution is 0.435. The van der Waals surface area contributed by atoms with Crippen LogP contribution in [-0.2, 0) is 10.4 Å². The first-order valence-corrected chi connectivity index (χ1v) is 9.73. The molecule has 1 aliphatic heterocycles. The van der Waals surface area contributed by atoms with Gasteiger partial charge in [0.1, 0.15) is 0 Å². The van der Waals surface area contributed by atoms with Crippen LogP contribution in [0, 0.1) is 0 Å². The fourth-order valence-electron chi connectivity index (χ4n) is 3.60. The Bertz CT molecular complexity index is 909. The molecular weight excluding hydrogens is 324 g/mol. The molecule has 0 saturated carbocycles. The Kier molecular flexibility index (Phi) is 4.03. The zero-order valence-electron chi connectivity index (χ0n) is 15.0. The Hall–Kier alpha value is -1.75. The molecule has 0 radical (unpaired) electrons. The third-order valence-electron chi connectivity index (χ3n) is 4.50. The van der Waals surface area contributed by atoms with E-state index >= 15 is 0 Å². The van der Waals surface area contributed by atoms with Crippen LogP contribution >= 0.6 is 0 Å². The third-order valence-corrected chi connectivity index (χ3v) is 5.24.